The van der Waals surface area contributed by atoms with Gasteiger partial charge in [0.25, 0.3) is 0 Å². The molecule has 0 aromatic carbocycles. The van der Waals surface area contributed by atoms with Gasteiger partial charge in [-0.15, -0.1) is 6.39 Å². The van der Waals surface area contributed by atoms with Crippen molar-refractivity contribution in [1.29, 1.82) is 0 Å². The molecule has 0 aromatic rings. The Morgan fingerprint density at radius 3 is 0.477 bits per heavy atom. The summed E-state index contributed by atoms with van der Waals surface area (Å²) in [5.41, 5.74) is 0. The summed E-state index contributed by atoms with van der Waals surface area (Å²) in [6.07, 6.45) is -22.8. The first-order chi connectivity index (χ1) is 19.9. The molecule has 0 N–H and O–H groups in total. The third-order valence-corrected chi connectivity index (χ3v) is 8.67. The predicted octanol–water partition coefficient (Wildman–Crippen LogP) is -17.6. The van der Waals surface area contributed by atoms with Crippen LogP contribution < -0.4 is 0 Å². The summed E-state index contributed by atoms with van der Waals surface area (Å²) in [7, 11) is 140. The highest BCUT2D eigenvalue weighted by Gasteiger charge is 2.58. The summed E-state index contributed by atoms with van der Waals surface area (Å²) in [6, 6.07) is 0. The molecule has 0 aliphatic carbocycles. The van der Waals surface area contributed by atoms with E-state index in [0.717, 1.165) is 0 Å². The van der Waals surface area contributed by atoms with Crippen molar-refractivity contribution in [2.45, 2.75) is 0 Å². The van der Waals surface area contributed by atoms with E-state index in [1.54, 1.807) is 0 Å². The van der Waals surface area contributed by atoms with E-state index in [1.807, 2.05) is 0 Å². The Morgan fingerprint density at radius 2 is 0.341 bits per heavy atom. The summed E-state index contributed by atoms with van der Waals surface area (Å²) in [5, 5.41) is 0. The van der Waals surface area contributed by atoms with Gasteiger partial charge in [-0.3, -0.25) is 0 Å². The molecule has 44 heteroatoms. The van der Waals surface area contributed by atoms with Crippen LogP contribution in [-0.2, 0) is 0 Å². The fourth-order valence-corrected chi connectivity index (χ4v) is 7.06. The Kier molecular flexibility index (Phi) is 22.7. The Bertz CT molecular complexity index is 607. The van der Waals surface area contributed by atoms with Gasteiger partial charge in [-0.05, 0) is 298 Å². The van der Waals surface area contributed by atoms with Crippen molar-refractivity contribution in [3.05, 3.63) is 0 Å². The molecule has 0 spiro atoms. The van der Waals surface area contributed by atoms with Crippen LogP contribution in [0.2, 0.25) is 0 Å². The zero-order chi connectivity index (χ0) is 35.1. The van der Waals surface area contributed by atoms with Gasteiger partial charge in [-0.2, -0.15) is 0 Å². The van der Waals surface area contributed by atoms with E-state index >= 15 is 0 Å². The molecule has 0 saturated heterocycles. The molecule has 0 fully saturated rings. The molecular weight excluding hydrogens is 476 g/mol. The lowest BCUT2D eigenvalue weighted by atomic mass is 8.26. The smallest absolute Gasteiger partial charge is 0.0000000000000851 e. The second kappa shape index (κ2) is 21.3. The molecule has 0 nitrogen and oxygen atoms in total. The maximum Gasteiger partial charge on any atom is -0.0000000000000851 e. The van der Waals surface area contributed by atoms with Crippen molar-refractivity contribution < 1.29 is 0 Å². The highest BCUT2D eigenvalue weighted by molar-refractivity contribution is 8.33. The van der Waals surface area contributed by atoms with Gasteiger partial charge in [0.1, 0.15) is 0 Å². The highest BCUT2D eigenvalue weighted by atomic mass is 13.4. The van der Waals surface area contributed by atoms with Crippen LogP contribution in [0.25, 0.3) is 0 Å². The van der Waals surface area contributed by atoms with E-state index in [1.165, 1.54) is 0 Å². The van der Waals surface area contributed by atoms with Gasteiger partial charge >= 0.3 is 0 Å². The Labute approximate surface area is 309 Å². The summed E-state index contributed by atoms with van der Waals surface area (Å²) in [6.45, 7) is 0. The Balaban J connectivity index is 8.85. The zero-order valence-corrected chi connectivity index (χ0v) is 24.8. The fourth-order valence-electron chi connectivity index (χ4n) is 7.06. The first kappa shape index (κ1) is 46.9. The normalized spacial score (nSPS) is 9.66. The minimum atomic E-state index is -1.22. The highest BCUT2D eigenvalue weighted by Crippen LogP contribution is 2.20. The number of rotatable bonds is 20. The van der Waals surface area contributed by atoms with Crippen molar-refractivity contribution in [3.63, 3.8) is 0 Å². The van der Waals surface area contributed by atoms with Crippen LogP contribution >= 0.6 is 0 Å². The molecule has 0 amide bonds. The van der Waals surface area contributed by atoms with Gasteiger partial charge in [0, 0.05) is 0 Å². The summed E-state index contributed by atoms with van der Waals surface area (Å²) in [5.74, 6) is 0. The van der Waals surface area contributed by atoms with Gasteiger partial charge in [-0.25, -0.2) is 0 Å². The Hall–Kier alpha value is 2.86. The molecule has 0 heterocycles. The molecule has 0 aromatic heterocycles. The molecule has 0 aliphatic heterocycles. The second-order valence-electron chi connectivity index (χ2n) is 11.7. The standard InChI is InChI=1S/B44H3/c1-24(2)35(23)41(36(25(3)4)26(5)6)44(42(37(27(7)8)28(9)10)38(29(11)12)30(13)14)43(39(31(15)16)32(17)18)40(33(19)20)34(21)22/h1H3/q-1. The van der Waals surface area contributed by atoms with Crippen LogP contribution in [0.5, 0.6) is 0 Å². The van der Waals surface area contributed by atoms with Crippen LogP contribution in [0.4, 0.5) is 0 Å². The van der Waals surface area contributed by atoms with E-state index in [4.69, 9.17) is 170 Å². The van der Waals surface area contributed by atoms with Crippen LogP contribution in [0.15, 0.2) is 0 Å². The van der Waals surface area contributed by atoms with Gasteiger partial charge < -0.3 is 0 Å². The lowest BCUT2D eigenvalue weighted by Gasteiger charge is -2.56. The molecule has 136 valence electrons. The van der Waals surface area contributed by atoms with E-state index in [2.05, 4.69) is 0 Å². The maximum absolute atomic E-state index is 6.94. The fraction of sp³-hybridized carbons (Fsp3) is 0. The average molecular weight is 479 g/mol. The number of hydrogen-bond acceptors (Lipinski definition) is 0. The van der Waals surface area contributed by atoms with Crippen molar-refractivity contribution in [1.82, 2.24) is 0 Å². The third-order valence-electron chi connectivity index (χ3n) is 8.67. The Morgan fingerprint density at radius 1 is 0.205 bits per heavy atom. The molecule has 44 heavy (non-hydrogen) atoms. The zero-order valence-electron chi connectivity index (χ0n) is 24.8. The van der Waals surface area contributed by atoms with Crippen molar-refractivity contribution in [2.75, 3.05) is 0 Å². The van der Waals surface area contributed by atoms with E-state index < -0.39 is 142 Å². The van der Waals surface area contributed by atoms with E-state index in [9.17, 15) is 0 Å². The lowest BCUT2D eigenvalue weighted by molar-refractivity contribution is 3.20. The maximum atomic E-state index is 6.94. The summed E-state index contributed by atoms with van der Waals surface area (Å²) in [4.78, 5) is 0. The molecule has 44 radical (unpaired) electrons. The third kappa shape index (κ3) is 12.6. The first-order valence-electron chi connectivity index (χ1n) is 14.0. The van der Waals surface area contributed by atoms with Crippen molar-refractivity contribution >= 4 is 312 Å². The van der Waals surface area contributed by atoms with Gasteiger partial charge in [0.05, 0.1) is 0 Å². The molecular formula is H3B44-. The first-order valence-corrected chi connectivity index (χ1v) is 14.0. The van der Waals surface area contributed by atoms with E-state index in [0.29, 0.717) is 0 Å². The lowest BCUT2D eigenvalue weighted by Crippen LogP contribution is -2.93. The van der Waals surface area contributed by atoms with Crippen LogP contribution in [0.1, 0.15) is 0 Å². The molecule has 0 unspecified atom stereocenters. The van der Waals surface area contributed by atoms with Gasteiger partial charge in [-0.1, -0.05) is 7.74 Å². The van der Waals surface area contributed by atoms with Crippen molar-refractivity contribution in [2.24, 2.45) is 0 Å². The SMILES string of the molecule is [B]B([B])B(B([B])[B])B(B([B])B([B])[BH3-])B(B(B(B([B])[B])B([B])[B])B(B([B])[B])B([B])[B])B(B(B([B])[B])B([B])[B])B(B([B])[B])B([B])[B]. The topological polar surface area (TPSA) is 0 Å². The minimum Gasteiger partial charge on any atom is -0.128 e. The molecule has 0 atom stereocenters. The monoisotopic (exact) mass is 487 g/mol. The van der Waals surface area contributed by atoms with Crippen molar-refractivity contribution in [3.8, 4) is 0 Å². The average Bonchev–Trinajstić information content (AvgIpc) is 2.80. The van der Waals surface area contributed by atoms with Gasteiger partial charge in [0.2, 0.25) is 0 Å². The minimum absolute atomic E-state index is 0.509. The van der Waals surface area contributed by atoms with E-state index in [-0.39, 0.29) is 0 Å². The predicted molar refractivity (Wildman–Crippen MR) is 257 cm³/mol. The largest absolute Gasteiger partial charge is 0.128 e. The van der Waals surface area contributed by atoms with Crippen LogP contribution in [0.3, 0.4) is 0 Å². The number of hydrogen-bond donors (Lipinski definition) is 0. The summed E-state index contributed by atoms with van der Waals surface area (Å²) < 4.78 is 0. The quantitative estimate of drug-likeness (QED) is 0.153. The van der Waals surface area contributed by atoms with Crippen LogP contribution in [0, 0.1) is 0 Å². The van der Waals surface area contributed by atoms with Crippen LogP contribution in [-0.4, -0.2) is 312 Å². The summed E-state index contributed by atoms with van der Waals surface area (Å²) >= 11 is 0. The molecule has 0 aliphatic rings. The molecule has 0 bridgehead atoms. The van der Waals surface area contributed by atoms with Gasteiger partial charge in [0.15, 0.2) is 0 Å². The molecule has 0 rings (SSSR count). The molecule has 0 saturated carbocycles. The second-order valence-corrected chi connectivity index (χ2v) is 11.7.